The van der Waals surface area contributed by atoms with Gasteiger partial charge in [-0.2, -0.15) is 0 Å². The van der Waals surface area contributed by atoms with E-state index in [0.29, 0.717) is 0 Å². The zero-order valence-corrected chi connectivity index (χ0v) is 12.1. The van der Waals surface area contributed by atoms with E-state index in [1.165, 1.54) is 30.5 Å². The molecule has 1 aliphatic heterocycles. The first kappa shape index (κ1) is 13.7. The minimum atomic E-state index is 0.834. The molecule has 0 aliphatic carbocycles. The van der Waals surface area contributed by atoms with Crippen molar-refractivity contribution in [3.63, 3.8) is 0 Å². The molecule has 1 saturated heterocycles. The molecule has 0 aromatic heterocycles. The molecular weight excluding hydrogens is 244 g/mol. The van der Waals surface area contributed by atoms with E-state index >= 15 is 0 Å². The molecule has 0 radical (unpaired) electrons. The molecule has 1 N–H and O–H groups in total. The number of anilines is 1. The molecule has 1 atom stereocenters. The molecular formula is C15H23ClN2. The van der Waals surface area contributed by atoms with E-state index < -0.39 is 0 Å². The summed E-state index contributed by atoms with van der Waals surface area (Å²) in [5.74, 6) is 0.849. The molecule has 18 heavy (non-hydrogen) atoms. The van der Waals surface area contributed by atoms with Crippen molar-refractivity contribution in [3.05, 3.63) is 28.8 Å². The van der Waals surface area contributed by atoms with Gasteiger partial charge in [-0.05, 0) is 44.4 Å². The molecule has 0 spiro atoms. The minimum absolute atomic E-state index is 0.834. The second-order valence-corrected chi connectivity index (χ2v) is 5.70. The molecule has 1 aliphatic rings. The number of nitrogens with one attached hydrogen (secondary N) is 1. The monoisotopic (exact) mass is 266 g/mol. The standard InChI is InChI=1S/C15H23ClN2/c1-12-5-4-9-18(10-8-12)15-7-3-6-14(16)13(15)11-17-2/h3,6-7,12,17H,4-5,8-11H2,1-2H3. The second kappa shape index (κ2) is 6.44. The van der Waals surface area contributed by atoms with Crippen LogP contribution >= 0.6 is 11.6 Å². The molecule has 100 valence electrons. The zero-order valence-electron chi connectivity index (χ0n) is 11.4. The number of hydrogen-bond acceptors (Lipinski definition) is 2. The third kappa shape index (κ3) is 3.18. The summed E-state index contributed by atoms with van der Waals surface area (Å²) in [5.41, 5.74) is 2.54. The SMILES string of the molecule is CNCc1c(Cl)cccc1N1CCCC(C)CC1. The van der Waals surface area contributed by atoms with Gasteiger partial charge in [0.2, 0.25) is 0 Å². The average Bonchev–Trinajstić information content (AvgIpc) is 2.57. The lowest BCUT2D eigenvalue weighted by atomic mass is 10.0. The van der Waals surface area contributed by atoms with Gasteiger partial charge in [0, 0.05) is 35.9 Å². The zero-order chi connectivity index (χ0) is 13.0. The first-order chi connectivity index (χ1) is 8.72. The Hall–Kier alpha value is -0.730. The van der Waals surface area contributed by atoms with E-state index in [0.717, 1.165) is 30.6 Å². The smallest absolute Gasteiger partial charge is 0.0471 e. The van der Waals surface area contributed by atoms with Crippen molar-refractivity contribution in [1.29, 1.82) is 0 Å². The van der Waals surface area contributed by atoms with E-state index in [4.69, 9.17) is 11.6 Å². The van der Waals surface area contributed by atoms with Crippen LogP contribution in [0.1, 0.15) is 31.7 Å². The summed E-state index contributed by atoms with van der Waals surface area (Å²) in [6.07, 6.45) is 3.91. The lowest BCUT2D eigenvalue weighted by molar-refractivity contribution is 0.521. The van der Waals surface area contributed by atoms with Crippen LogP contribution in [0, 0.1) is 5.92 Å². The predicted octanol–water partition coefficient (Wildman–Crippen LogP) is 3.69. The Morgan fingerprint density at radius 2 is 2.17 bits per heavy atom. The van der Waals surface area contributed by atoms with Crippen molar-refractivity contribution < 1.29 is 0 Å². The summed E-state index contributed by atoms with van der Waals surface area (Å²) in [5, 5.41) is 4.09. The number of benzene rings is 1. The predicted molar refractivity (Wildman–Crippen MR) is 79.4 cm³/mol. The molecule has 3 heteroatoms. The quantitative estimate of drug-likeness (QED) is 0.898. The van der Waals surface area contributed by atoms with Gasteiger partial charge in [-0.15, -0.1) is 0 Å². The van der Waals surface area contributed by atoms with Crippen molar-refractivity contribution in [1.82, 2.24) is 5.32 Å². The third-order valence-corrected chi connectivity index (χ3v) is 4.16. The van der Waals surface area contributed by atoms with Crippen LogP contribution in [0.25, 0.3) is 0 Å². The molecule has 1 heterocycles. The van der Waals surface area contributed by atoms with Crippen LogP contribution in [0.5, 0.6) is 0 Å². The summed E-state index contributed by atoms with van der Waals surface area (Å²) in [4.78, 5) is 2.50. The largest absolute Gasteiger partial charge is 0.371 e. The highest BCUT2D eigenvalue weighted by atomic mass is 35.5. The molecule has 0 saturated carbocycles. The van der Waals surface area contributed by atoms with Gasteiger partial charge in [0.25, 0.3) is 0 Å². The van der Waals surface area contributed by atoms with Crippen LogP contribution in [0.15, 0.2) is 18.2 Å². The molecule has 2 rings (SSSR count). The van der Waals surface area contributed by atoms with Crippen molar-refractivity contribution in [2.24, 2.45) is 5.92 Å². The number of halogens is 1. The molecule has 1 aromatic rings. The van der Waals surface area contributed by atoms with E-state index in [9.17, 15) is 0 Å². The molecule has 1 unspecified atom stereocenters. The third-order valence-electron chi connectivity index (χ3n) is 3.81. The Bertz CT molecular complexity index is 392. The van der Waals surface area contributed by atoms with Crippen LogP contribution in [0.4, 0.5) is 5.69 Å². The van der Waals surface area contributed by atoms with Crippen LogP contribution < -0.4 is 10.2 Å². The molecule has 0 amide bonds. The maximum absolute atomic E-state index is 6.33. The fraction of sp³-hybridized carbons (Fsp3) is 0.600. The van der Waals surface area contributed by atoms with Gasteiger partial charge in [-0.25, -0.2) is 0 Å². The van der Waals surface area contributed by atoms with Gasteiger partial charge in [-0.3, -0.25) is 0 Å². The number of rotatable bonds is 3. The van der Waals surface area contributed by atoms with Crippen molar-refractivity contribution in [3.8, 4) is 0 Å². The van der Waals surface area contributed by atoms with Gasteiger partial charge >= 0.3 is 0 Å². The van der Waals surface area contributed by atoms with Gasteiger partial charge in [0.15, 0.2) is 0 Å². The average molecular weight is 267 g/mol. The Morgan fingerprint density at radius 1 is 1.33 bits per heavy atom. The fourth-order valence-electron chi connectivity index (χ4n) is 2.70. The molecule has 2 nitrogen and oxygen atoms in total. The topological polar surface area (TPSA) is 15.3 Å². The van der Waals surface area contributed by atoms with Crippen LogP contribution in [-0.4, -0.2) is 20.1 Å². The first-order valence-corrected chi connectivity index (χ1v) is 7.27. The van der Waals surface area contributed by atoms with Crippen LogP contribution in [0.2, 0.25) is 5.02 Å². The maximum Gasteiger partial charge on any atom is 0.0471 e. The van der Waals surface area contributed by atoms with Gasteiger partial charge in [-0.1, -0.05) is 24.6 Å². The second-order valence-electron chi connectivity index (χ2n) is 5.29. The van der Waals surface area contributed by atoms with E-state index in [1.54, 1.807) is 0 Å². The summed E-state index contributed by atoms with van der Waals surface area (Å²) in [7, 11) is 1.97. The van der Waals surface area contributed by atoms with Crippen molar-refractivity contribution >= 4 is 17.3 Å². The minimum Gasteiger partial charge on any atom is -0.371 e. The van der Waals surface area contributed by atoms with E-state index in [-0.39, 0.29) is 0 Å². The number of nitrogens with zero attached hydrogens (tertiary/aromatic N) is 1. The summed E-state index contributed by atoms with van der Waals surface area (Å²) in [6.45, 7) is 5.50. The molecule has 1 fully saturated rings. The Balaban J connectivity index is 2.23. The summed E-state index contributed by atoms with van der Waals surface area (Å²) in [6, 6.07) is 6.25. The maximum atomic E-state index is 6.33. The van der Waals surface area contributed by atoms with Crippen LogP contribution in [-0.2, 0) is 6.54 Å². The highest BCUT2D eigenvalue weighted by molar-refractivity contribution is 6.31. The summed E-state index contributed by atoms with van der Waals surface area (Å²) < 4.78 is 0. The van der Waals surface area contributed by atoms with E-state index in [1.807, 2.05) is 13.1 Å². The van der Waals surface area contributed by atoms with E-state index in [2.05, 4.69) is 29.3 Å². The summed E-state index contributed by atoms with van der Waals surface area (Å²) >= 11 is 6.33. The molecule has 0 bridgehead atoms. The Labute approximate surface area is 115 Å². The lowest BCUT2D eigenvalue weighted by Crippen LogP contribution is -2.26. The molecule has 1 aromatic carbocycles. The van der Waals surface area contributed by atoms with Gasteiger partial charge in [0.05, 0.1) is 0 Å². The lowest BCUT2D eigenvalue weighted by Gasteiger charge is -2.26. The van der Waals surface area contributed by atoms with Crippen LogP contribution in [0.3, 0.4) is 0 Å². The van der Waals surface area contributed by atoms with Gasteiger partial charge in [0.1, 0.15) is 0 Å². The fourth-order valence-corrected chi connectivity index (χ4v) is 2.94. The van der Waals surface area contributed by atoms with Crippen molar-refractivity contribution in [2.45, 2.75) is 32.7 Å². The normalized spacial score (nSPS) is 20.8. The Morgan fingerprint density at radius 3 is 2.94 bits per heavy atom. The number of hydrogen-bond donors (Lipinski definition) is 1. The first-order valence-electron chi connectivity index (χ1n) is 6.89. The van der Waals surface area contributed by atoms with Gasteiger partial charge < -0.3 is 10.2 Å². The highest BCUT2D eigenvalue weighted by Gasteiger charge is 2.17. The van der Waals surface area contributed by atoms with Crippen molar-refractivity contribution in [2.75, 3.05) is 25.0 Å². The Kier molecular flexibility index (Phi) is 4.90. The highest BCUT2D eigenvalue weighted by Crippen LogP contribution is 2.30.